The first-order valence-corrected chi connectivity index (χ1v) is 6.16. The van der Waals surface area contributed by atoms with Crippen molar-refractivity contribution in [2.75, 3.05) is 18.6 Å². The van der Waals surface area contributed by atoms with Crippen LogP contribution in [0.3, 0.4) is 0 Å². The maximum absolute atomic E-state index is 12.1. The van der Waals surface area contributed by atoms with Crippen LogP contribution in [-0.4, -0.2) is 25.2 Å². The molecule has 5 nitrogen and oxygen atoms in total. The number of carbonyl (C=O) groups excluding carboxylic acids is 1. The summed E-state index contributed by atoms with van der Waals surface area (Å²) < 4.78 is 5.34. The van der Waals surface area contributed by atoms with Gasteiger partial charge in [-0.05, 0) is 43.5 Å². The van der Waals surface area contributed by atoms with Crippen LogP contribution in [0.2, 0.25) is 0 Å². The molecular weight excluding hydrogens is 230 g/mol. The third-order valence-electron chi connectivity index (χ3n) is 3.13. The number of ether oxygens (including phenoxy) is 1. The van der Waals surface area contributed by atoms with Crippen LogP contribution in [0.1, 0.15) is 28.8 Å². The normalized spacial score (nSPS) is 19.3. The molecule has 1 fully saturated rings. The van der Waals surface area contributed by atoms with Gasteiger partial charge in [-0.2, -0.15) is 0 Å². The molecule has 0 saturated carbocycles. The average Bonchev–Trinajstić information content (AvgIpc) is 2.39. The number of nitrogen functional groups attached to an aromatic ring is 1. The number of nitrogens with two attached hydrogens (primary N) is 1. The van der Waals surface area contributed by atoms with Crippen molar-refractivity contribution in [1.29, 1.82) is 0 Å². The third kappa shape index (κ3) is 3.00. The summed E-state index contributed by atoms with van der Waals surface area (Å²) in [7, 11) is 0. The average molecular weight is 249 g/mol. The van der Waals surface area contributed by atoms with Gasteiger partial charge in [0.15, 0.2) is 0 Å². The highest BCUT2D eigenvalue weighted by Gasteiger charge is 2.18. The summed E-state index contributed by atoms with van der Waals surface area (Å²) in [4.78, 5) is 12.1. The fourth-order valence-corrected chi connectivity index (χ4v) is 2.13. The Morgan fingerprint density at radius 2 is 2.33 bits per heavy atom. The van der Waals surface area contributed by atoms with E-state index < -0.39 is 0 Å². The quantitative estimate of drug-likeness (QED) is 0.555. The Bertz CT molecular complexity index is 428. The predicted molar refractivity (Wildman–Crippen MR) is 70.3 cm³/mol. The topological polar surface area (TPSA) is 76.4 Å². The summed E-state index contributed by atoms with van der Waals surface area (Å²) in [5.41, 5.74) is 4.94. The van der Waals surface area contributed by atoms with Crippen molar-refractivity contribution in [3.63, 3.8) is 0 Å². The maximum atomic E-state index is 12.1. The lowest BCUT2D eigenvalue weighted by atomic mass is 10.1. The lowest BCUT2D eigenvalue weighted by molar-refractivity contribution is 0.0624. The van der Waals surface area contributed by atoms with Crippen LogP contribution in [0.15, 0.2) is 18.2 Å². The molecule has 18 heavy (non-hydrogen) atoms. The Balaban J connectivity index is 2.03. The molecule has 1 amide bonds. The SMILES string of the molecule is Cc1cc(NN)ccc1C(=O)NC1CCCOC1. The van der Waals surface area contributed by atoms with Gasteiger partial charge in [0, 0.05) is 17.9 Å². The van der Waals surface area contributed by atoms with E-state index in [2.05, 4.69) is 10.7 Å². The van der Waals surface area contributed by atoms with E-state index in [-0.39, 0.29) is 11.9 Å². The summed E-state index contributed by atoms with van der Waals surface area (Å²) in [6, 6.07) is 5.55. The molecule has 1 aromatic carbocycles. The molecule has 1 unspecified atom stereocenters. The first-order valence-electron chi connectivity index (χ1n) is 6.16. The summed E-state index contributed by atoms with van der Waals surface area (Å²) in [5.74, 6) is 5.28. The maximum Gasteiger partial charge on any atom is 0.251 e. The highest BCUT2D eigenvalue weighted by molar-refractivity contribution is 5.96. The summed E-state index contributed by atoms with van der Waals surface area (Å²) >= 11 is 0. The van der Waals surface area contributed by atoms with E-state index in [1.165, 1.54) is 0 Å². The zero-order valence-corrected chi connectivity index (χ0v) is 10.5. The fraction of sp³-hybridized carbons (Fsp3) is 0.462. The number of carbonyl (C=O) groups is 1. The third-order valence-corrected chi connectivity index (χ3v) is 3.13. The van der Waals surface area contributed by atoms with Gasteiger partial charge in [-0.3, -0.25) is 10.6 Å². The van der Waals surface area contributed by atoms with Crippen molar-refractivity contribution in [2.45, 2.75) is 25.8 Å². The molecule has 1 aromatic rings. The molecule has 0 aliphatic carbocycles. The molecule has 2 rings (SSSR count). The minimum absolute atomic E-state index is 0.0495. The number of aryl methyl sites for hydroxylation is 1. The molecule has 1 aliphatic rings. The van der Waals surface area contributed by atoms with Crippen LogP contribution in [0.5, 0.6) is 0 Å². The van der Waals surface area contributed by atoms with Gasteiger partial charge in [-0.15, -0.1) is 0 Å². The van der Waals surface area contributed by atoms with Crippen molar-refractivity contribution < 1.29 is 9.53 Å². The van der Waals surface area contributed by atoms with Gasteiger partial charge in [-0.1, -0.05) is 0 Å². The molecule has 1 atom stereocenters. The smallest absolute Gasteiger partial charge is 0.251 e. The highest BCUT2D eigenvalue weighted by atomic mass is 16.5. The molecule has 1 saturated heterocycles. The molecule has 0 aromatic heterocycles. The highest BCUT2D eigenvalue weighted by Crippen LogP contribution is 2.15. The molecule has 98 valence electrons. The number of nitrogens with one attached hydrogen (secondary N) is 2. The molecule has 4 N–H and O–H groups in total. The number of anilines is 1. The lowest BCUT2D eigenvalue weighted by Gasteiger charge is -2.23. The Morgan fingerprint density at radius 1 is 1.50 bits per heavy atom. The molecule has 0 bridgehead atoms. The van der Waals surface area contributed by atoms with Crippen LogP contribution < -0.4 is 16.6 Å². The van der Waals surface area contributed by atoms with Crippen LogP contribution >= 0.6 is 0 Å². The van der Waals surface area contributed by atoms with Gasteiger partial charge in [0.1, 0.15) is 0 Å². The Kier molecular flexibility index (Phi) is 4.17. The molecule has 0 spiro atoms. The van der Waals surface area contributed by atoms with Gasteiger partial charge < -0.3 is 15.5 Å². The van der Waals surface area contributed by atoms with E-state index >= 15 is 0 Å². The number of hydrogen-bond acceptors (Lipinski definition) is 4. The van der Waals surface area contributed by atoms with Crippen molar-refractivity contribution in [2.24, 2.45) is 5.84 Å². The monoisotopic (exact) mass is 249 g/mol. The number of hydrogen-bond donors (Lipinski definition) is 3. The summed E-state index contributed by atoms with van der Waals surface area (Å²) in [6.45, 7) is 3.29. The molecule has 1 aliphatic heterocycles. The number of rotatable bonds is 3. The number of hydrazine groups is 1. The largest absolute Gasteiger partial charge is 0.379 e. The molecular formula is C13H19N3O2. The van der Waals surface area contributed by atoms with E-state index in [9.17, 15) is 4.79 Å². The second-order valence-electron chi connectivity index (χ2n) is 4.56. The van der Waals surface area contributed by atoms with E-state index in [0.717, 1.165) is 30.7 Å². The minimum atomic E-state index is -0.0495. The Labute approximate surface area is 107 Å². The Morgan fingerprint density at radius 3 is 2.94 bits per heavy atom. The first-order chi connectivity index (χ1) is 8.70. The summed E-state index contributed by atoms with van der Waals surface area (Å²) in [5, 5.41) is 3.00. The van der Waals surface area contributed by atoms with E-state index in [1.54, 1.807) is 12.1 Å². The number of amides is 1. The molecule has 0 radical (unpaired) electrons. The van der Waals surface area contributed by atoms with Crippen molar-refractivity contribution in [3.8, 4) is 0 Å². The molecule has 1 heterocycles. The van der Waals surface area contributed by atoms with Gasteiger partial charge in [-0.25, -0.2) is 0 Å². The predicted octanol–water partition coefficient (Wildman–Crippen LogP) is 1.19. The standard InChI is InChI=1S/C13H19N3O2/c1-9-7-10(16-14)4-5-12(9)13(17)15-11-3-2-6-18-8-11/h4-5,7,11,16H,2-3,6,8,14H2,1H3,(H,15,17). The van der Waals surface area contributed by atoms with Crippen LogP contribution in [0, 0.1) is 6.92 Å². The first kappa shape index (κ1) is 12.9. The van der Waals surface area contributed by atoms with Crippen LogP contribution in [-0.2, 0) is 4.74 Å². The zero-order chi connectivity index (χ0) is 13.0. The van der Waals surface area contributed by atoms with Crippen molar-refractivity contribution in [3.05, 3.63) is 29.3 Å². The van der Waals surface area contributed by atoms with E-state index in [0.29, 0.717) is 12.2 Å². The van der Waals surface area contributed by atoms with Crippen LogP contribution in [0.25, 0.3) is 0 Å². The fourth-order valence-electron chi connectivity index (χ4n) is 2.13. The second kappa shape index (κ2) is 5.84. The van der Waals surface area contributed by atoms with Gasteiger partial charge in [0.2, 0.25) is 0 Å². The van der Waals surface area contributed by atoms with Gasteiger partial charge in [0.25, 0.3) is 5.91 Å². The summed E-state index contributed by atoms with van der Waals surface area (Å²) in [6.07, 6.45) is 1.98. The minimum Gasteiger partial charge on any atom is -0.379 e. The van der Waals surface area contributed by atoms with E-state index in [4.69, 9.17) is 10.6 Å². The second-order valence-corrected chi connectivity index (χ2v) is 4.56. The van der Waals surface area contributed by atoms with Crippen LogP contribution in [0.4, 0.5) is 5.69 Å². The van der Waals surface area contributed by atoms with Gasteiger partial charge in [0.05, 0.1) is 12.6 Å². The van der Waals surface area contributed by atoms with Gasteiger partial charge >= 0.3 is 0 Å². The zero-order valence-electron chi connectivity index (χ0n) is 10.5. The van der Waals surface area contributed by atoms with Crippen molar-refractivity contribution in [1.82, 2.24) is 5.32 Å². The number of benzene rings is 1. The molecule has 5 heteroatoms. The Hall–Kier alpha value is -1.59. The van der Waals surface area contributed by atoms with Crippen molar-refractivity contribution >= 4 is 11.6 Å². The lowest BCUT2D eigenvalue weighted by Crippen LogP contribution is -2.40. The van der Waals surface area contributed by atoms with E-state index in [1.807, 2.05) is 13.0 Å².